The van der Waals surface area contributed by atoms with Crippen molar-refractivity contribution < 1.29 is 27.6 Å². The molecule has 1 amide bonds. The van der Waals surface area contributed by atoms with Gasteiger partial charge in [0.05, 0.1) is 6.10 Å². The number of nitrogens with one attached hydrogen (secondary N) is 2. The van der Waals surface area contributed by atoms with E-state index in [0.717, 1.165) is 0 Å². The molecule has 0 saturated carbocycles. The standard InChI is InChI=1S/C15H15F3N4O3/c16-15(17,18)14-21-12(22-25-14)8-1-3-9(4-2-8)13(24)20-6-10-5-19-7-11(10)23/h1-4,10-11,19,23H,5-7H2,(H,20,24). The number of halogens is 3. The summed E-state index contributed by atoms with van der Waals surface area (Å²) >= 11 is 0. The van der Waals surface area contributed by atoms with Crippen molar-refractivity contribution in [2.24, 2.45) is 5.92 Å². The summed E-state index contributed by atoms with van der Waals surface area (Å²) in [6.07, 6.45) is -5.20. The zero-order valence-electron chi connectivity index (χ0n) is 12.9. The molecule has 2 aromatic rings. The number of aliphatic hydroxyl groups excluding tert-OH is 1. The zero-order chi connectivity index (χ0) is 18.0. The van der Waals surface area contributed by atoms with Gasteiger partial charge in [0.2, 0.25) is 5.82 Å². The lowest BCUT2D eigenvalue weighted by atomic mass is 10.1. The van der Waals surface area contributed by atoms with E-state index in [1.54, 1.807) is 0 Å². The lowest BCUT2D eigenvalue weighted by Crippen LogP contribution is -2.34. The van der Waals surface area contributed by atoms with Crippen LogP contribution in [0.4, 0.5) is 13.2 Å². The number of rotatable bonds is 4. The second-order valence-electron chi connectivity index (χ2n) is 5.69. The normalized spacial score (nSPS) is 20.6. The second kappa shape index (κ2) is 6.81. The van der Waals surface area contributed by atoms with Crippen LogP contribution in [-0.2, 0) is 6.18 Å². The minimum atomic E-state index is -4.70. The summed E-state index contributed by atoms with van der Waals surface area (Å²) in [6.45, 7) is 1.45. The van der Waals surface area contributed by atoms with Gasteiger partial charge < -0.3 is 20.3 Å². The van der Waals surface area contributed by atoms with Crippen molar-refractivity contribution >= 4 is 5.91 Å². The molecular weight excluding hydrogens is 341 g/mol. The third kappa shape index (κ3) is 3.97. The Bertz CT molecular complexity index is 745. The van der Waals surface area contributed by atoms with Gasteiger partial charge in [0.1, 0.15) is 0 Å². The van der Waals surface area contributed by atoms with Crippen LogP contribution in [0.25, 0.3) is 11.4 Å². The van der Waals surface area contributed by atoms with E-state index < -0.39 is 18.2 Å². The number of hydrogen-bond donors (Lipinski definition) is 3. The van der Waals surface area contributed by atoms with Crippen LogP contribution in [0.1, 0.15) is 16.2 Å². The highest BCUT2D eigenvalue weighted by atomic mass is 19.4. The van der Waals surface area contributed by atoms with E-state index in [1.165, 1.54) is 24.3 Å². The lowest BCUT2D eigenvalue weighted by molar-refractivity contribution is -0.159. The molecule has 3 N–H and O–H groups in total. The first kappa shape index (κ1) is 17.4. The lowest BCUT2D eigenvalue weighted by Gasteiger charge is -2.14. The highest BCUT2D eigenvalue weighted by Gasteiger charge is 2.38. The van der Waals surface area contributed by atoms with Crippen molar-refractivity contribution in [2.45, 2.75) is 12.3 Å². The molecular formula is C15H15F3N4O3. The summed E-state index contributed by atoms with van der Waals surface area (Å²) in [5, 5.41) is 18.7. The number of carbonyl (C=O) groups excluding carboxylic acids is 1. The smallest absolute Gasteiger partial charge is 0.391 e. The van der Waals surface area contributed by atoms with Gasteiger partial charge in [-0.3, -0.25) is 4.79 Å². The van der Waals surface area contributed by atoms with Gasteiger partial charge in [-0.25, -0.2) is 0 Å². The fourth-order valence-electron chi connectivity index (χ4n) is 2.48. The zero-order valence-corrected chi connectivity index (χ0v) is 12.9. The van der Waals surface area contributed by atoms with Gasteiger partial charge >= 0.3 is 12.1 Å². The minimum Gasteiger partial charge on any atom is -0.391 e. The van der Waals surface area contributed by atoms with E-state index in [4.69, 9.17) is 0 Å². The number of amides is 1. The second-order valence-corrected chi connectivity index (χ2v) is 5.69. The Morgan fingerprint density at radius 2 is 2.04 bits per heavy atom. The van der Waals surface area contributed by atoms with E-state index in [9.17, 15) is 23.1 Å². The van der Waals surface area contributed by atoms with E-state index in [-0.39, 0.29) is 17.6 Å². The predicted octanol–water partition coefficient (Wildman–Crippen LogP) is 1.07. The molecule has 0 aliphatic carbocycles. The Balaban J connectivity index is 1.63. The van der Waals surface area contributed by atoms with Gasteiger partial charge in [0, 0.05) is 36.7 Å². The van der Waals surface area contributed by atoms with Crippen LogP contribution in [-0.4, -0.2) is 46.9 Å². The summed E-state index contributed by atoms with van der Waals surface area (Å²) in [4.78, 5) is 15.4. The first-order valence-electron chi connectivity index (χ1n) is 7.53. The molecule has 2 heterocycles. The van der Waals surface area contributed by atoms with Gasteiger partial charge in [-0.1, -0.05) is 17.3 Å². The maximum atomic E-state index is 12.5. The molecule has 3 rings (SSSR count). The minimum absolute atomic E-state index is 0.0525. The van der Waals surface area contributed by atoms with E-state index in [2.05, 4.69) is 25.3 Å². The maximum absolute atomic E-state index is 12.5. The fourth-order valence-corrected chi connectivity index (χ4v) is 2.48. The fraction of sp³-hybridized carbons (Fsp3) is 0.400. The molecule has 7 nitrogen and oxygen atoms in total. The Hall–Kier alpha value is -2.46. The molecule has 2 unspecified atom stereocenters. The van der Waals surface area contributed by atoms with Crippen molar-refractivity contribution in [1.82, 2.24) is 20.8 Å². The van der Waals surface area contributed by atoms with Gasteiger partial charge in [0.25, 0.3) is 5.91 Å². The van der Waals surface area contributed by atoms with Crippen molar-refractivity contribution in [1.29, 1.82) is 0 Å². The molecule has 1 aliphatic heterocycles. The predicted molar refractivity (Wildman–Crippen MR) is 79.4 cm³/mol. The van der Waals surface area contributed by atoms with Gasteiger partial charge in [-0.15, -0.1) is 0 Å². The number of β-amino-alcohol motifs (C(OH)–C–C–N with tert-alkyl or cyclic N) is 1. The number of hydrogen-bond acceptors (Lipinski definition) is 6. The summed E-state index contributed by atoms with van der Waals surface area (Å²) < 4.78 is 41.5. The largest absolute Gasteiger partial charge is 0.471 e. The Labute approximate surface area is 140 Å². The highest BCUT2D eigenvalue weighted by Crippen LogP contribution is 2.29. The van der Waals surface area contributed by atoms with Crippen molar-refractivity contribution in [3.63, 3.8) is 0 Å². The summed E-state index contributed by atoms with van der Waals surface area (Å²) in [5.41, 5.74) is 0.634. The van der Waals surface area contributed by atoms with E-state index in [0.29, 0.717) is 30.8 Å². The van der Waals surface area contributed by atoms with Crippen LogP contribution in [0.3, 0.4) is 0 Å². The molecule has 1 aliphatic rings. The molecule has 1 aromatic carbocycles. The topological polar surface area (TPSA) is 100 Å². The highest BCUT2D eigenvalue weighted by molar-refractivity contribution is 5.94. The maximum Gasteiger partial charge on any atom is 0.471 e. The van der Waals surface area contributed by atoms with Crippen LogP contribution in [0.5, 0.6) is 0 Å². The van der Waals surface area contributed by atoms with Crippen LogP contribution < -0.4 is 10.6 Å². The summed E-state index contributed by atoms with van der Waals surface area (Å²) in [6, 6.07) is 5.78. The Morgan fingerprint density at radius 3 is 2.60 bits per heavy atom. The average Bonchev–Trinajstić information content (AvgIpc) is 3.21. The molecule has 0 spiro atoms. The number of aromatic nitrogens is 2. The SMILES string of the molecule is O=C(NCC1CNCC1O)c1ccc(-c2noc(C(F)(F)F)n2)cc1. The molecule has 2 atom stereocenters. The average molecular weight is 356 g/mol. The van der Waals surface area contributed by atoms with Crippen LogP contribution in [0.2, 0.25) is 0 Å². The molecule has 1 fully saturated rings. The molecule has 1 aromatic heterocycles. The number of benzene rings is 1. The van der Waals surface area contributed by atoms with Crippen molar-refractivity contribution in [3.05, 3.63) is 35.7 Å². The van der Waals surface area contributed by atoms with Crippen LogP contribution >= 0.6 is 0 Å². The Morgan fingerprint density at radius 1 is 1.32 bits per heavy atom. The van der Waals surface area contributed by atoms with Crippen LogP contribution in [0, 0.1) is 5.92 Å². The molecule has 134 valence electrons. The number of aliphatic hydroxyl groups is 1. The monoisotopic (exact) mass is 356 g/mol. The van der Waals surface area contributed by atoms with Gasteiger partial charge in [0.15, 0.2) is 0 Å². The van der Waals surface area contributed by atoms with Crippen LogP contribution in [0.15, 0.2) is 28.8 Å². The van der Waals surface area contributed by atoms with E-state index >= 15 is 0 Å². The van der Waals surface area contributed by atoms with Crippen molar-refractivity contribution in [2.75, 3.05) is 19.6 Å². The number of alkyl halides is 3. The number of nitrogens with zero attached hydrogens (tertiary/aromatic N) is 2. The van der Waals surface area contributed by atoms with Gasteiger partial charge in [-0.05, 0) is 12.1 Å². The van der Waals surface area contributed by atoms with Crippen molar-refractivity contribution in [3.8, 4) is 11.4 Å². The quantitative estimate of drug-likeness (QED) is 0.758. The first-order chi connectivity index (χ1) is 11.8. The molecule has 10 heteroatoms. The van der Waals surface area contributed by atoms with Gasteiger partial charge in [-0.2, -0.15) is 18.2 Å². The Kier molecular flexibility index (Phi) is 4.73. The number of carbonyl (C=O) groups is 1. The molecule has 1 saturated heterocycles. The summed E-state index contributed by atoms with van der Waals surface area (Å²) in [7, 11) is 0. The van der Waals surface area contributed by atoms with E-state index in [1.807, 2.05) is 0 Å². The summed E-state index contributed by atoms with van der Waals surface area (Å²) in [5.74, 6) is -2.02. The first-order valence-corrected chi connectivity index (χ1v) is 7.53. The third-order valence-electron chi connectivity index (χ3n) is 3.90. The molecule has 0 radical (unpaired) electrons. The molecule has 0 bridgehead atoms. The third-order valence-corrected chi connectivity index (χ3v) is 3.90. The molecule has 25 heavy (non-hydrogen) atoms.